The standard InChI is InChI=1S/C23H31N3O4/c27-21(11-3-1-4-12-22(28)29)25-19-15-17-16-26(20-10-6-5-9-18(17)20)14-8-2-7-13-24-23(19)30/h5-6,9-10,16,19H,1-4,7-8,11-15H2,(H,24,30)(H,25,27)(H,28,29). The highest BCUT2D eigenvalue weighted by Gasteiger charge is 2.23. The van der Waals surface area contributed by atoms with Crippen LogP contribution in [0.4, 0.5) is 0 Å². The molecule has 3 N–H and O–H groups in total. The Labute approximate surface area is 176 Å². The van der Waals surface area contributed by atoms with Crippen LogP contribution in [0, 0.1) is 0 Å². The summed E-state index contributed by atoms with van der Waals surface area (Å²) in [6.45, 7) is 1.56. The minimum atomic E-state index is -0.816. The Balaban J connectivity index is 1.69. The second-order valence-corrected chi connectivity index (χ2v) is 8.00. The fourth-order valence-electron chi connectivity index (χ4n) is 4.02. The first kappa shape index (κ1) is 21.9. The SMILES string of the molecule is O=C(O)CCCCCC(=O)NC1Cc2cn(c3ccccc23)CCCCCNC1=O. The van der Waals surface area contributed by atoms with Crippen LogP contribution < -0.4 is 10.6 Å². The summed E-state index contributed by atoms with van der Waals surface area (Å²) in [4.78, 5) is 35.8. The van der Waals surface area contributed by atoms with E-state index >= 15 is 0 Å². The van der Waals surface area contributed by atoms with E-state index < -0.39 is 12.0 Å². The van der Waals surface area contributed by atoms with Gasteiger partial charge < -0.3 is 20.3 Å². The van der Waals surface area contributed by atoms with Crippen molar-refractivity contribution in [2.24, 2.45) is 0 Å². The third-order valence-corrected chi connectivity index (χ3v) is 5.62. The molecule has 1 aliphatic heterocycles. The number of carboxylic acids is 1. The molecule has 1 aliphatic rings. The van der Waals surface area contributed by atoms with Gasteiger partial charge in [-0.05, 0) is 43.7 Å². The number of amides is 2. The number of hydrogen-bond donors (Lipinski definition) is 3. The van der Waals surface area contributed by atoms with E-state index in [0.29, 0.717) is 38.6 Å². The lowest BCUT2D eigenvalue weighted by molar-refractivity contribution is -0.137. The summed E-state index contributed by atoms with van der Waals surface area (Å²) in [6, 6.07) is 7.58. The lowest BCUT2D eigenvalue weighted by Gasteiger charge is -2.19. The van der Waals surface area contributed by atoms with E-state index in [9.17, 15) is 14.4 Å². The van der Waals surface area contributed by atoms with Crippen molar-refractivity contribution >= 4 is 28.7 Å². The number of para-hydroxylation sites is 1. The summed E-state index contributed by atoms with van der Waals surface area (Å²) in [5.74, 6) is -1.13. The van der Waals surface area contributed by atoms with Crippen LogP contribution in [-0.2, 0) is 27.3 Å². The predicted molar refractivity (Wildman–Crippen MR) is 115 cm³/mol. The molecule has 0 fully saturated rings. The maximum absolute atomic E-state index is 12.8. The molecule has 0 saturated heterocycles. The van der Waals surface area contributed by atoms with Crippen molar-refractivity contribution in [3.05, 3.63) is 36.0 Å². The maximum atomic E-state index is 12.8. The molecule has 1 unspecified atom stereocenters. The number of aromatic nitrogens is 1. The van der Waals surface area contributed by atoms with E-state index in [1.165, 1.54) is 0 Å². The lowest BCUT2D eigenvalue weighted by atomic mass is 10.0. The highest BCUT2D eigenvalue weighted by Crippen LogP contribution is 2.23. The Bertz CT molecular complexity index is 890. The average molecular weight is 414 g/mol. The Hall–Kier alpha value is -2.83. The van der Waals surface area contributed by atoms with Crippen molar-refractivity contribution < 1.29 is 19.5 Å². The van der Waals surface area contributed by atoms with E-state index in [-0.39, 0.29) is 18.2 Å². The van der Waals surface area contributed by atoms with Gasteiger partial charge >= 0.3 is 5.97 Å². The number of nitrogens with zero attached hydrogens (tertiary/aromatic N) is 1. The number of fused-ring (bicyclic) bond motifs is 5. The number of unbranched alkanes of at least 4 members (excludes halogenated alkanes) is 2. The number of carboxylic acid groups (broad SMARTS) is 1. The number of carbonyl (C=O) groups is 3. The van der Waals surface area contributed by atoms with Gasteiger partial charge in [0, 0.05) is 49.5 Å². The molecule has 0 aliphatic carbocycles. The van der Waals surface area contributed by atoms with Crippen LogP contribution >= 0.6 is 0 Å². The van der Waals surface area contributed by atoms with Gasteiger partial charge in [0.05, 0.1) is 0 Å². The van der Waals surface area contributed by atoms with E-state index in [1.807, 2.05) is 12.1 Å². The zero-order valence-corrected chi connectivity index (χ0v) is 17.4. The summed E-state index contributed by atoms with van der Waals surface area (Å²) < 4.78 is 2.26. The monoisotopic (exact) mass is 413 g/mol. The number of nitrogens with one attached hydrogen (secondary N) is 2. The molecule has 7 heteroatoms. The smallest absolute Gasteiger partial charge is 0.303 e. The highest BCUT2D eigenvalue weighted by molar-refractivity contribution is 5.89. The van der Waals surface area contributed by atoms with Gasteiger partial charge in [0.25, 0.3) is 0 Å². The van der Waals surface area contributed by atoms with Crippen molar-refractivity contribution in [2.75, 3.05) is 6.54 Å². The van der Waals surface area contributed by atoms with Gasteiger partial charge in [-0.1, -0.05) is 24.6 Å². The Kier molecular flexibility index (Phi) is 7.88. The molecule has 2 bridgehead atoms. The second kappa shape index (κ2) is 10.8. The molecular weight excluding hydrogens is 382 g/mol. The molecule has 2 aromatic rings. The fraction of sp³-hybridized carbons (Fsp3) is 0.522. The topological polar surface area (TPSA) is 100 Å². The Morgan fingerprint density at radius 1 is 1.10 bits per heavy atom. The molecular formula is C23H31N3O4. The number of rotatable bonds is 7. The van der Waals surface area contributed by atoms with Crippen molar-refractivity contribution in [3.8, 4) is 0 Å². The molecule has 162 valence electrons. The number of benzene rings is 1. The Morgan fingerprint density at radius 3 is 2.73 bits per heavy atom. The van der Waals surface area contributed by atoms with Crippen molar-refractivity contribution in [3.63, 3.8) is 0 Å². The highest BCUT2D eigenvalue weighted by atomic mass is 16.4. The van der Waals surface area contributed by atoms with Gasteiger partial charge in [-0.15, -0.1) is 0 Å². The van der Waals surface area contributed by atoms with Crippen molar-refractivity contribution in [2.45, 2.75) is 70.4 Å². The first-order valence-electron chi connectivity index (χ1n) is 10.9. The first-order valence-corrected chi connectivity index (χ1v) is 10.9. The minimum Gasteiger partial charge on any atom is -0.481 e. The Morgan fingerprint density at radius 2 is 1.90 bits per heavy atom. The largest absolute Gasteiger partial charge is 0.481 e. The van der Waals surface area contributed by atoms with Gasteiger partial charge in [0.1, 0.15) is 6.04 Å². The maximum Gasteiger partial charge on any atom is 0.303 e. The molecule has 0 spiro atoms. The zero-order valence-electron chi connectivity index (χ0n) is 17.4. The van der Waals surface area contributed by atoms with Crippen LogP contribution in [0.1, 0.15) is 56.9 Å². The van der Waals surface area contributed by atoms with Crippen LogP contribution in [0.2, 0.25) is 0 Å². The molecule has 0 saturated carbocycles. The molecule has 1 atom stereocenters. The van der Waals surface area contributed by atoms with E-state index in [4.69, 9.17) is 5.11 Å². The molecule has 7 nitrogen and oxygen atoms in total. The molecule has 3 rings (SSSR count). The predicted octanol–water partition coefficient (Wildman–Crippen LogP) is 3.00. The van der Waals surface area contributed by atoms with Gasteiger partial charge in [-0.2, -0.15) is 0 Å². The van der Waals surface area contributed by atoms with E-state index in [1.54, 1.807) is 0 Å². The summed E-state index contributed by atoms with van der Waals surface area (Å²) in [5, 5.41) is 15.7. The molecule has 0 radical (unpaired) electrons. The van der Waals surface area contributed by atoms with Gasteiger partial charge in [-0.25, -0.2) is 0 Å². The summed E-state index contributed by atoms with van der Waals surface area (Å²) in [5.41, 5.74) is 2.23. The van der Waals surface area contributed by atoms with Gasteiger partial charge in [0.2, 0.25) is 11.8 Å². The van der Waals surface area contributed by atoms with Crippen molar-refractivity contribution in [1.29, 1.82) is 0 Å². The van der Waals surface area contributed by atoms with E-state index in [0.717, 1.165) is 42.3 Å². The van der Waals surface area contributed by atoms with Crippen LogP contribution in [0.15, 0.2) is 30.5 Å². The molecule has 2 heterocycles. The minimum absolute atomic E-state index is 0.122. The van der Waals surface area contributed by atoms with Gasteiger partial charge in [0.15, 0.2) is 0 Å². The molecule has 2 amide bonds. The van der Waals surface area contributed by atoms with Crippen LogP contribution in [0.25, 0.3) is 10.9 Å². The zero-order chi connectivity index (χ0) is 21.3. The quantitative estimate of drug-likeness (QED) is 0.608. The van der Waals surface area contributed by atoms with Crippen LogP contribution in [-0.4, -0.2) is 40.0 Å². The second-order valence-electron chi connectivity index (χ2n) is 8.00. The summed E-state index contributed by atoms with van der Waals surface area (Å²) >= 11 is 0. The van der Waals surface area contributed by atoms with Crippen molar-refractivity contribution in [1.82, 2.24) is 15.2 Å². The molecule has 30 heavy (non-hydrogen) atoms. The number of carbonyl (C=O) groups excluding carboxylic acids is 2. The fourth-order valence-corrected chi connectivity index (χ4v) is 4.02. The molecule has 1 aromatic carbocycles. The van der Waals surface area contributed by atoms with Crippen LogP contribution in [0.3, 0.4) is 0 Å². The first-order chi connectivity index (χ1) is 14.5. The number of hydrogen-bond acceptors (Lipinski definition) is 3. The van der Waals surface area contributed by atoms with Crippen LogP contribution in [0.5, 0.6) is 0 Å². The normalized spacial score (nSPS) is 17.6. The summed E-state index contributed by atoms with van der Waals surface area (Å²) in [6.07, 6.45) is 7.87. The van der Waals surface area contributed by atoms with E-state index in [2.05, 4.69) is 33.5 Å². The summed E-state index contributed by atoms with van der Waals surface area (Å²) in [7, 11) is 0. The van der Waals surface area contributed by atoms with Gasteiger partial charge in [-0.3, -0.25) is 14.4 Å². The lowest BCUT2D eigenvalue weighted by Crippen LogP contribution is -2.48. The third kappa shape index (κ3) is 6.08. The third-order valence-electron chi connectivity index (χ3n) is 5.62. The number of aliphatic carboxylic acids is 1. The average Bonchev–Trinajstić information content (AvgIpc) is 3.06. The molecule has 1 aromatic heterocycles. The number of aryl methyl sites for hydroxylation is 1.